The van der Waals surface area contributed by atoms with Crippen LogP contribution in [0.3, 0.4) is 0 Å². The van der Waals surface area contributed by atoms with Crippen LogP contribution >= 0.6 is 0 Å². The number of aliphatic hydroxyl groups is 2. The van der Waals surface area contributed by atoms with Crippen molar-refractivity contribution in [3.8, 4) is 0 Å². The molecule has 0 aromatic heterocycles. The van der Waals surface area contributed by atoms with Crippen molar-refractivity contribution >= 4 is 11.9 Å². The third-order valence-electron chi connectivity index (χ3n) is 11.5. The van der Waals surface area contributed by atoms with Gasteiger partial charge in [-0.2, -0.15) is 0 Å². The van der Waals surface area contributed by atoms with E-state index in [-0.39, 0.29) is 24.9 Å². The molecular formula is C52H97NO5. The van der Waals surface area contributed by atoms with E-state index in [1.807, 2.05) is 0 Å². The molecule has 0 heterocycles. The number of amides is 1. The van der Waals surface area contributed by atoms with Crippen molar-refractivity contribution in [2.75, 3.05) is 6.61 Å². The fraction of sp³-hybridized carbons (Fsp3) is 0.846. The molecule has 0 aliphatic carbocycles. The van der Waals surface area contributed by atoms with Crippen molar-refractivity contribution in [3.05, 3.63) is 36.5 Å². The zero-order chi connectivity index (χ0) is 42.4. The number of hydrogen-bond acceptors (Lipinski definition) is 5. The van der Waals surface area contributed by atoms with E-state index in [1.54, 1.807) is 0 Å². The molecule has 3 N–H and O–H groups in total. The Morgan fingerprint density at radius 1 is 0.517 bits per heavy atom. The molecule has 0 aliphatic heterocycles. The van der Waals surface area contributed by atoms with Crippen LogP contribution in [0.1, 0.15) is 258 Å². The van der Waals surface area contributed by atoms with E-state index in [4.69, 9.17) is 4.74 Å². The number of hydrogen-bond donors (Lipinski definition) is 3. The first kappa shape index (κ1) is 56.1. The Morgan fingerprint density at radius 3 is 1.40 bits per heavy atom. The Balaban J connectivity index is 4.58. The van der Waals surface area contributed by atoms with Crippen molar-refractivity contribution in [2.45, 2.75) is 277 Å². The van der Waals surface area contributed by atoms with Gasteiger partial charge in [0.1, 0.15) is 6.10 Å². The largest absolute Gasteiger partial charge is 0.462 e. The predicted octanol–water partition coefficient (Wildman–Crippen LogP) is 14.9. The molecule has 0 rings (SSSR count). The molecule has 0 spiro atoms. The standard InChI is InChI=1S/C52H97NO5/c1-4-7-10-13-16-19-22-25-27-30-33-36-39-42-45-52(57)58-48(43-40-37-34-31-28-26-23-20-17-14-11-8-5-2)46-51(56)53-49(47-54)50(55)44-41-38-35-32-29-24-21-18-15-12-9-6-3/h8,11,14,17,20,23,48-50,54-55H,4-7,9-10,12-13,15-16,18-19,21-22,24-47H2,1-3H3,(H,53,56)/b11-8+,17-14+,23-20+. The Morgan fingerprint density at radius 2 is 0.931 bits per heavy atom. The van der Waals surface area contributed by atoms with Crippen molar-refractivity contribution in [3.63, 3.8) is 0 Å². The molecule has 0 radical (unpaired) electrons. The van der Waals surface area contributed by atoms with Gasteiger partial charge in [-0.3, -0.25) is 9.59 Å². The molecule has 6 nitrogen and oxygen atoms in total. The molecule has 6 heteroatoms. The molecule has 3 atom stereocenters. The van der Waals surface area contributed by atoms with Gasteiger partial charge in [-0.25, -0.2) is 0 Å². The van der Waals surface area contributed by atoms with Crippen LogP contribution in [0.5, 0.6) is 0 Å². The summed E-state index contributed by atoms with van der Waals surface area (Å²) in [5.41, 5.74) is 0. The number of ether oxygens (including phenoxy) is 1. The van der Waals surface area contributed by atoms with E-state index in [1.165, 1.54) is 128 Å². The van der Waals surface area contributed by atoms with Gasteiger partial charge in [-0.05, 0) is 44.9 Å². The molecule has 3 unspecified atom stereocenters. The molecule has 0 fully saturated rings. The first-order chi connectivity index (χ1) is 28.5. The van der Waals surface area contributed by atoms with Gasteiger partial charge in [-0.15, -0.1) is 0 Å². The molecule has 0 saturated heterocycles. The number of nitrogens with one attached hydrogen (secondary N) is 1. The van der Waals surface area contributed by atoms with Gasteiger partial charge in [0.15, 0.2) is 0 Å². The zero-order valence-electron chi connectivity index (χ0n) is 38.7. The quantitative estimate of drug-likeness (QED) is 0.0323. The van der Waals surface area contributed by atoms with Gasteiger partial charge >= 0.3 is 5.97 Å². The summed E-state index contributed by atoms with van der Waals surface area (Å²) in [6.45, 7) is 6.35. The van der Waals surface area contributed by atoms with Gasteiger partial charge in [0.25, 0.3) is 0 Å². The second-order valence-electron chi connectivity index (χ2n) is 17.3. The van der Waals surface area contributed by atoms with Crippen LogP contribution < -0.4 is 5.32 Å². The number of carbonyl (C=O) groups is 2. The highest BCUT2D eigenvalue weighted by atomic mass is 16.5. The van der Waals surface area contributed by atoms with Crippen LogP contribution in [0.15, 0.2) is 36.5 Å². The molecule has 0 bridgehead atoms. The lowest BCUT2D eigenvalue weighted by molar-refractivity contribution is -0.151. The van der Waals surface area contributed by atoms with Crippen LogP contribution in [0.25, 0.3) is 0 Å². The van der Waals surface area contributed by atoms with Gasteiger partial charge < -0.3 is 20.3 Å². The van der Waals surface area contributed by atoms with Gasteiger partial charge in [-0.1, -0.05) is 237 Å². The summed E-state index contributed by atoms with van der Waals surface area (Å²) in [5, 5.41) is 23.7. The zero-order valence-corrected chi connectivity index (χ0v) is 38.7. The molecular weight excluding hydrogens is 719 g/mol. The fourth-order valence-corrected chi connectivity index (χ4v) is 7.73. The van der Waals surface area contributed by atoms with Crippen molar-refractivity contribution in [1.82, 2.24) is 5.32 Å². The lowest BCUT2D eigenvalue weighted by atomic mass is 10.0. The van der Waals surface area contributed by atoms with E-state index < -0.39 is 18.2 Å². The number of rotatable bonds is 45. The Bertz CT molecular complexity index is 961. The highest BCUT2D eigenvalue weighted by molar-refractivity contribution is 5.77. The number of aliphatic hydroxyl groups excluding tert-OH is 2. The molecule has 340 valence electrons. The summed E-state index contributed by atoms with van der Waals surface area (Å²) >= 11 is 0. The Kier molecular flexibility index (Phi) is 44.6. The Hall–Kier alpha value is -1.92. The number of esters is 1. The first-order valence-electron chi connectivity index (χ1n) is 25.2. The van der Waals surface area contributed by atoms with Crippen LogP contribution in [0, 0.1) is 0 Å². The average molecular weight is 816 g/mol. The lowest BCUT2D eigenvalue weighted by Gasteiger charge is -2.24. The minimum absolute atomic E-state index is 0.0675. The monoisotopic (exact) mass is 816 g/mol. The summed E-state index contributed by atoms with van der Waals surface area (Å²) in [4.78, 5) is 26.1. The summed E-state index contributed by atoms with van der Waals surface area (Å²) in [6, 6.07) is -0.704. The second kappa shape index (κ2) is 46.2. The molecule has 0 aliphatic rings. The van der Waals surface area contributed by atoms with E-state index >= 15 is 0 Å². The summed E-state index contributed by atoms with van der Waals surface area (Å²) < 4.78 is 5.92. The van der Waals surface area contributed by atoms with Crippen molar-refractivity contribution in [2.24, 2.45) is 0 Å². The molecule has 0 aromatic carbocycles. The summed E-state index contributed by atoms with van der Waals surface area (Å²) in [5.74, 6) is -0.485. The van der Waals surface area contributed by atoms with Crippen LogP contribution in [-0.2, 0) is 14.3 Å². The highest BCUT2D eigenvalue weighted by Crippen LogP contribution is 2.18. The lowest BCUT2D eigenvalue weighted by Crippen LogP contribution is -2.46. The topological polar surface area (TPSA) is 95.9 Å². The highest BCUT2D eigenvalue weighted by Gasteiger charge is 2.24. The smallest absolute Gasteiger partial charge is 0.306 e. The van der Waals surface area contributed by atoms with Crippen LogP contribution in [0.4, 0.5) is 0 Å². The maximum Gasteiger partial charge on any atom is 0.306 e. The van der Waals surface area contributed by atoms with E-state index in [9.17, 15) is 19.8 Å². The number of allylic oxidation sites excluding steroid dienone is 6. The van der Waals surface area contributed by atoms with E-state index in [0.717, 1.165) is 83.5 Å². The minimum Gasteiger partial charge on any atom is -0.462 e. The van der Waals surface area contributed by atoms with Gasteiger partial charge in [0, 0.05) is 6.42 Å². The predicted molar refractivity (Wildman–Crippen MR) is 250 cm³/mol. The average Bonchev–Trinajstić information content (AvgIpc) is 3.22. The molecule has 1 amide bonds. The third-order valence-corrected chi connectivity index (χ3v) is 11.5. The molecule has 58 heavy (non-hydrogen) atoms. The Labute approximate surface area is 360 Å². The number of unbranched alkanes of at least 4 members (excludes halogenated alkanes) is 29. The maximum absolute atomic E-state index is 13.2. The van der Waals surface area contributed by atoms with Crippen LogP contribution in [-0.4, -0.2) is 46.9 Å². The fourth-order valence-electron chi connectivity index (χ4n) is 7.73. The van der Waals surface area contributed by atoms with Crippen LogP contribution in [0.2, 0.25) is 0 Å². The maximum atomic E-state index is 13.2. The van der Waals surface area contributed by atoms with Gasteiger partial charge in [0.2, 0.25) is 5.91 Å². The summed E-state index contributed by atoms with van der Waals surface area (Å²) in [6.07, 6.45) is 53.4. The van der Waals surface area contributed by atoms with E-state index in [2.05, 4.69) is 62.5 Å². The van der Waals surface area contributed by atoms with Gasteiger partial charge in [0.05, 0.1) is 25.2 Å². The second-order valence-corrected chi connectivity index (χ2v) is 17.3. The minimum atomic E-state index is -0.790. The van der Waals surface area contributed by atoms with Crippen molar-refractivity contribution in [1.29, 1.82) is 0 Å². The number of carbonyl (C=O) groups excluding carboxylic acids is 2. The SMILES string of the molecule is CC/C=C/C=C/C=C/CCCCCCCC(CC(=O)NC(CO)C(O)CCCCCCCCCCCCCC)OC(=O)CCCCCCCCCCCCCCCC. The third kappa shape index (κ3) is 40.8. The molecule has 0 saturated carbocycles. The first-order valence-corrected chi connectivity index (χ1v) is 25.2. The normalized spacial score (nSPS) is 13.5. The van der Waals surface area contributed by atoms with E-state index in [0.29, 0.717) is 19.3 Å². The summed E-state index contributed by atoms with van der Waals surface area (Å²) in [7, 11) is 0. The molecule has 0 aromatic rings. The van der Waals surface area contributed by atoms with Crippen molar-refractivity contribution < 1.29 is 24.5 Å².